The Morgan fingerprint density at radius 2 is 1.56 bits per heavy atom. The zero-order valence-corrected chi connectivity index (χ0v) is 23.2. The summed E-state index contributed by atoms with van der Waals surface area (Å²) in [5.41, 5.74) is 6.33. The number of cyclic esters (lactones) is 1. The van der Waals surface area contributed by atoms with Gasteiger partial charge in [-0.15, -0.1) is 0 Å². The Morgan fingerprint density at radius 3 is 2.06 bits per heavy atom. The second-order valence-electron chi connectivity index (χ2n) is 10.4. The number of aryl methyl sites for hydroxylation is 3. The maximum absolute atomic E-state index is 11.4. The Balaban J connectivity index is 1.91. The van der Waals surface area contributed by atoms with E-state index in [4.69, 9.17) is 9.47 Å². The summed E-state index contributed by atoms with van der Waals surface area (Å²) in [6.45, 7) is 15.3. The zero-order valence-electron chi connectivity index (χ0n) is 23.2. The Kier molecular flexibility index (Phi) is 9.05. The second kappa shape index (κ2) is 11.6. The van der Waals surface area contributed by atoms with Gasteiger partial charge >= 0.3 is 5.97 Å². The molecule has 36 heavy (non-hydrogen) atoms. The van der Waals surface area contributed by atoms with Crippen molar-refractivity contribution in [1.82, 2.24) is 0 Å². The third-order valence-electron chi connectivity index (χ3n) is 8.22. The van der Waals surface area contributed by atoms with Crippen molar-refractivity contribution in [2.24, 2.45) is 0 Å². The quantitative estimate of drug-likeness (QED) is 0.333. The van der Waals surface area contributed by atoms with Crippen molar-refractivity contribution in [3.63, 3.8) is 0 Å². The van der Waals surface area contributed by atoms with Crippen molar-refractivity contribution >= 4 is 12.0 Å². The van der Waals surface area contributed by atoms with E-state index in [1.807, 2.05) is 19.9 Å². The van der Waals surface area contributed by atoms with Gasteiger partial charge in [0.1, 0.15) is 18.5 Å². The van der Waals surface area contributed by atoms with Crippen molar-refractivity contribution in [2.75, 3.05) is 6.61 Å². The molecule has 0 bridgehead atoms. The van der Waals surface area contributed by atoms with Gasteiger partial charge in [-0.3, -0.25) is 4.79 Å². The molecule has 0 amide bonds. The van der Waals surface area contributed by atoms with Gasteiger partial charge in [0, 0.05) is 11.8 Å². The Bertz CT molecular complexity index is 1070. The molecule has 4 heteroatoms. The van der Waals surface area contributed by atoms with Gasteiger partial charge in [0.2, 0.25) is 0 Å². The van der Waals surface area contributed by atoms with Crippen LogP contribution in [0.4, 0.5) is 0 Å². The van der Waals surface area contributed by atoms with Crippen LogP contribution in [0.3, 0.4) is 0 Å². The molecule has 1 aliphatic rings. The monoisotopic (exact) mass is 492 g/mol. The molecule has 4 nitrogen and oxygen atoms in total. The SMILES string of the molecule is CCC(O)(C=Cc1ccc(C(CC)(CC)c2cc(C)c(OC[C@@H]3CCC(=O)O3)c(C)c2)cc1C)CC. The molecule has 0 unspecified atom stereocenters. The lowest BCUT2D eigenvalue weighted by atomic mass is 9.69. The van der Waals surface area contributed by atoms with Crippen molar-refractivity contribution in [3.8, 4) is 5.75 Å². The van der Waals surface area contributed by atoms with Crippen LogP contribution in [-0.2, 0) is 14.9 Å². The summed E-state index contributed by atoms with van der Waals surface area (Å²) in [6.07, 6.45) is 8.45. The summed E-state index contributed by atoms with van der Waals surface area (Å²) in [6, 6.07) is 11.3. The van der Waals surface area contributed by atoms with Crippen LogP contribution in [0.25, 0.3) is 6.08 Å². The maximum Gasteiger partial charge on any atom is 0.306 e. The fraction of sp³-hybridized carbons (Fsp3) is 0.531. The van der Waals surface area contributed by atoms with E-state index in [0.29, 0.717) is 25.9 Å². The summed E-state index contributed by atoms with van der Waals surface area (Å²) in [5, 5.41) is 10.7. The molecule has 1 atom stereocenters. The van der Waals surface area contributed by atoms with Gasteiger partial charge in [-0.25, -0.2) is 0 Å². The first-order valence-electron chi connectivity index (χ1n) is 13.6. The molecule has 0 spiro atoms. The Morgan fingerprint density at radius 1 is 0.944 bits per heavy atom. The van der Waals surface area contributed by atoms with Crippen LogP contribution in [-0.4, -0.2) is 29.4 Å². The number of esters is 1. The van der Waals surface area contributed by atoms with E-state index in [-0.39, 0.29) is 17.5 Å². The molecular weight excluding hydrogens is 448 g/mol. The molecular formula is C32H44O4. The first-order valence-corrected chi connectivity index (χ1v) is 13.6. The molecule has 1 N–H and O–H groups in total. The summed E-state index contributed by atoms with van der Waals surface area (Å²) < 4.78 is 11.5. The highest BCUT2D eigenvalue weighted by molar-refractivity contribution is 5.71. The van der Waals surface area contributed by atoms with E-state index in [0.717, 1.165) is 41.7 Å². The lowest BCUT2D eigenvalue weighted by Gasteiger charge is -2.35. The smallest absolute Gasteiger partial charge is 0.306 e. The molecule has 1 heterocycles. The predicted molar refractivity (Wildman–Crippen MR) is 148 cm³/mol. The van der Waals surface area contributed by atoms with Gasteiger partial charge in [-0.05, 0) is 86.3 Å². The van der Waals surface area contributed by atoms with Gasteiger partial charge in [0.25, 0.3) is 0 Å². The molecule has 1 aliphatic heterocycles. The average molecular weight is 493 g/mol. The van der Waals surface area contributed by atoms with Crippen molar-refractivity contribution in [1.29, 1.82) is 0 Å². The Labute approximate surface area is 217 Å². The van der Waals surface area contributed by atoms with E-state index in [1.165, 1.54) is 16.7 Å². The topological polar surface area (TPSA) is 55.8 Å². The van der Waals surface area contributed by atoms with E-state index >= 15 is 0 Å². The summed E-state index contributed by atoms with van der Waals surface area (Å²) in [4.78, 5) is 11.4. The standard InChI is InChI=1S/C32H44O4/c1-8-31(34,9-2)17-16-25-12-13-26(18-22(25)5)32(10-3,11-4)27-19-23(6)30(24(7)20-27)35-21-28-14-15-29(33)36-28/h12-13,16-20,28,34H,8-11,14-15,21H2,1-7H3/t28-/m0/s1. The van der Waals surface area contributed by atoms with Crippen LogP contribution in [0.5, 0.6) is 5.75 Å². The second-order valence-corrected chi connectivity index (χ2v) is 10.4. The van der Waals surface area contributed by atoms with Gasteiger partial charge in [0.15, 0.2) is 0 Å². The normalized spacial score (nSPS) is 16.6. The molecule has 2 aromatic rings. The number of carbonyl (C=O) groups is 1. The number of rotatable bonds is 11. The minimum Gasteiger partial charge on any atom is -0.489 e. The maximum atomic E-state index is 11.4. The zero-order chi connectivity index (χ0) is 26.5. The Hall–Kier alpha value is -2.59. The molecule has 3 rings (SSSR count). The van der Waals surface area contributed by atoms with Gasteiger partial charge in [0.05, 0.1) is 5.60 Å². The molecule has 1 fully saturated rings. The number of carbonyl (C=O) groups excluding carboxylic acids is 1. The molecule has 0 radical (unpaired) electrons. The average Bonchev–Trinajstić information content (AvgIpc) is 3.28. The summed E-state index contributed by atoms with van der Waals surface area (Å²) in [7, 11) is 0. The highest BCUT2D eigenvalue weighted by Crippen LogP contribution is 2.42. The van der Waals surface area contributed by atoms with E-state index in [2.05, 4.69) is 71.0 Å². The molecule has 2 aromatic carbocycles. The summed E-state index contributed by atoms with van der Waals surface area (Å²) >= 11 is 0. The van der Waals surface area contributed by atoms with E-state index in [1.54, 1.807) is 0 Å². The fourth-order valence-corrected chi connectivity index (χ4v) is 5.45. The summed E-state index contributed by atoms with van der Waals surface area (Å²) in [5.74, 6) is 0.755. The lowest BCUT2D eigenvalue weighted by Crippen LogP contribution is -2.27. The minimum absolute atomic E-state index is 0.102. The first-order chi connectivity index (χ1) is 17.1. The molecule has 0 aliphatic carbocycles. The van der Waals surface area contributed by atoms with Crippen LogP contribution in [0.1, 0.15) is 99.6 Å². The molecule has 196 valence electrons. The van der Waals surface area contributed by atoms with Gasteiger partial charge in [-0.2, -0.15) is 0 Å². The van der Waals surface area contributed by atoms with Crippen molar-refractivity contribution < 1.29 is 19.4 Å². The van der Waals surface area contributed by atoms with Crippen molar-refractivity contribution in [2.45, 2.75) is 104 Å². The van der Waals surface area contributed by atoms with E-state index in [9.17, 15) is 9.90 Å². The first kappa shape index (κ1) is 28.0. The highest BCUT2D eigenvalue weighted by atomic mass is 16.6. The molecule has 0 saturated carbocycles. The number of hydrogen-bond donors (Lipinski definition) is 1. The third-order valence-corrected chi connectivity index (χ3v) is 8.22. The van der Waals surface area contributed by atoms with Crippen LogP contribution < -0.4 is 4.74 Å². The van der Waals surface area contributed by atoms with Crippen molar-refractivity contribution in [3.05, 3.63) is 69.8 Å². The van der Waals surface area contributed by atoms with Crippen LogP contribution >= 0.6 is 0 Å². The predicted octanol–water partition coefficient (Wildman–Crippen LogP) is 7.37. The van der Waals surface area contributed by atoms with Crippen LogP contribution in [0.2, 0.25) is 0 Å². The number of ether oxygens (including phenoxy) is 2. The van der Waals surface area contributed by atoms with Gasteiger partial charge in [-0.1, -0.05) is 70.2 Å². The number of benzene rings is 2. The fourth-order valence-electron chi connectivity index (χ4n) is 5.45. The minimum atomic E-state index is -0.750. The van der Waals surface area contributed by atoms with E-state index < -0.39 is 5.60 Å². The van der Waals surface area contributed by atoms with Crippen LogP contribution in [0.15, 0.2) is 36.4 Å². The number of hydrogen-bond acceptors (Lipinski definition) is 4. The molecule has 1 saturated heterocycles. The van der Waals surface area contributed by atoms with Crippen LogP contribution in [0, 0.1) is 20.8 Å². The van der Waals surface area contributed by atoms with Gasteiger partial charge < -0.3 is 14.6 Å². The largest absolute Gasteiger partial charge is 0.489 e. The molecule has 0 aromatic heterocycles. The number of aliphatic hydroxyl groups is 1. The highest BCUT2D eigenvalue weighted by Gasteiger charge is 2.32. The lowest BCUT2D eigenvalue weighted by molar-refractivity contribution is -0.142. The third kappa shape index (κ3) is 5.86.